The third-order valence-corrected chi connectivity index (χ3v) is 4.87. The Hall–Kier alpha value is -1.81. The molecule has 5 heteroatoms. The first kappa shape index (κ1) is 16.1. The number of pyridine rings is 1. The maximum absolute atomic E-state index is 12.4. The van der Waals surface area contributed by atoms with Crippen LogP contribution >= 0.6 is 11.6 Å². The molecule has 122 valence electrons. The van der Waals surface area contributed by atoms with Crippen molar-refractivity contribution in [3.05, 3.63) is 36.4 Å². The van der Waals surface area contributed by atoms with E-state index in [9.17, 15) is 4.79 Å². The third-order valence-electron chi connectivity index (χ3n) is 4.21. The Labute approximate surface area is 141 Å². The molecule has 1 saturated heterocycles. The van der Waals surface area contributed by atoms with Crippen LogP contribution in [-0.2, 0) is 4.79 Å². The lowest BCUT2D eigenvalue weighted by atomic mass is 9.94. The summed E-state index contributed by atoms with van der Waals surface area (Å²) in [6.07, 6.45) is 0.803. The van der Waals surface area contributed by atoms with Crippen molar-refractivity contribution in [1.29, 1.82) is 0 Å². The molecule has 1 atom stereocenters. The number of alkyl halides is 1. The molecule has 1 aliphatic heterocycles. The summed E-state index contributed by atoms with van der Waals surface area (Å²) < 4.78 is 5.97. The number of benzene rings is 1. The third kappa shape index (κ3) is 3.42. The monoisotopic (exact) mass is 332 g/mol. The summed E-state index contributed by atoms with van der Waals surface area (Å²) in [5, 5.41) is 1.09. The summed E-state index contributed by atoms with van der Waals surface area (Å²) >= 11 is 5.90. The Bertz CT molecular complexity index is 717. The van der Waals surface area contributed by atoms with Crippen molar-refractivity contribution in [2.75, 3.05) is 19.0 Å². The van der Waals surface area contributed by atoms with Gasteiger partial charge in [-0.05, 0) is 26.0 Å². The molecule has 2 aromatic rings. The number of aromatic nitrogens is 1. The van der Waals surface area contributed by atoms with Gasteiger partial charge >= 0.3 is 0 Å². The molecule has 2 heterocycles. The van der Waals surface area contributed by atoms with Gasteiger partial charge in [0.1, 0.15) is 6.10 Å². The van der Waals surface area contributed by atoms with Crippen LogP contribution < -0.4 is 4.74 Å². The number of ether oxygens (including phenoxy) is 1. The van der Waals surface area contributed by atoms with Gasteiger partial charge in [-0.15, -0.1) is 11.6 Å². The highest BCUT2D eigenvalue weighted by atomic mass is 35.5. The lowest BCUT2D eigenvalue weighted by Gasteiger charge is -2.27. The molecule has 0 N–H and O–H groups in total. The molecule has 3 rings (SSSR count). The first-order valence-corrected chi connectivity index (χ1v) is 8.41. The highest BCUT2D eigenvalue weighted by molar-refractivity contribution is 6.19. The Balaban J connectivity index is 1.66. The lowest BCUT2D eigenvalue weighted by Crippen LogP contribution is -2.41. The predicted molar refractivity (Wildman–Crippen MR) is 91.9 cm³/mol. The topological polar surface area (TPSA) is 42.4 Å². The van der Waals surface area contributed by atoms with Gasteiger partial charge in [-0.25, -0.2) is 4.98 Å². The molecule has 0 bridgehead atoms. The summed E-state index contributed by atoms with van der Waals surface area (Å²) in [5.74, 6) is 1.02. The Kier molecular flexibility index (Phi) is 4.44. The molecule has 23 heavy (non-hydrogen) atoms. The van der Waals surface area contributed by atoms with E-state index in [1.807, 2.05) is 55.1 Å². The zero-order valence-electron chi connectivity index (χ0n) is 13.5. The van der Waals surface area contributed by atoms with E-state index in [1.54, 1.807) is 0 Å². The average Bonchev–Trinajstić information content (AvgIpc) is 3.02. The molecule has 1 aliphatic rings. The van der Waals surface area contributed by atoms with Crippen LogP contribution in [0.15, 0.2) is 36.4 Å². The van der Waals surface area contributed by atoms with E-state index >= 15 is 0 Å². The van der Waals surface area contributed by atoms with Gasteiger partial charge in [-0.3, -0.25) is 4.79 Å². The minimum Gasteiger partial charge on any atom is -0.472 e. The fraction of sp³-hybridized carbons (Fsp3) is 0.444. The first-order valence-electron chi connectivity index (χ1n) is 7.87. The average molecular weight is 333 g/mol. The van der Waals surface area contributed by atoms with E-state index in [1.165, 1.54) is 0 Å². The number of likely N-dealkylation sites (tertiary alicyclic amines) is 1. The number of nitrogens with zero attached hydrogens (tertiary/aromatic N) is 2. The normalized spacial score (nSPS) is 18.4. The lowest BCUT2D eigenvalue weighted by molar-refractivity contribution is -0.138. The van der Waals surface area contributed by atoms with Crippen molar-refractivity contribution in [3.8, 4) is 5.88 Å². The summed E-state index contributed by atoms with van der Waals surface area (Å²) in [4.78, 5) is 18.8. The largest absolute Gasteiger partial charge is 0.472 e. The number of halogens is 1. The SMILES string of the molecule is CC(C)(CCl)C(=O)N1CCC(Oc2ccc3ccccc3n2)C1. The fourth-order valence-electron chi connectivity index (χ4n) is 2.78. The van der Waals surface area contributed by atoms with Crippen molar-refractivity contribution < 1.29 is 9.53 Å². The predicted octanol–water partition coefficient (Wildman–Crippen LogP) is 3.48. The second-order valence-corrected chi connectivity index (χ2v) is 6.91. The highest BCUT2D eigenvalue weighted by Gasteiger charge is 2.36. The number of carbonyl (C=O) groups is 1. The molecular formula is C18H21ClN2O2. The van der Waals surface area contributed by atoms with Gasteiger partial charge in [-0.1, -0.05) is 18.2 Å². The summed E-state index contributed by atoms with van der Waals surface area (Å²) in [6, 6.07) is 11.8. The minimum absolute atomic E-state index is 0.0151. The zero-order valence-corrected chi connectivity index (χ0v) is 14.2. The van der Waals surface area contributed by atoms with E-state index in [0.29, 0.717) is 24.8 Å². The van der Waals surface area contributed by atoms with Crippen LogP contribution in [0.2, 0.25) is 0 Å². The van der Waals surface area contributed by atoms with Crippen molar-refractivity contribution >= 4 is 28.4 Å². The van der Waals surface area contributed by atoms with E-state index < -0.39 is 5.41 Å². The molecule has 0 saturated carbocycles. The molecule has 4 nitrogen and oxygen atoms in total. The number of rotatable bonds is 4. The molecule has 1 amide bonds. The van der Waals surface area contributed by atoms with Crippen LogP contribution in [0.25, 0.3) is 10.9 Å². The number of amides is 1. The van der Waals surface area contributed by atoms with Crippen LogP contribution in [-0.4, -0.2) is 40.9 Å². The molecule has 0 aliphatic carbocycles. The van der Waals surface area contributed by atoms with E-state index in [4.69, 9.17) is 16.3 Å². The fourth-order valence-corrected chi connectivity index (χ4v) is 2.89. The van der Waals surface area contributed by atoms with Gasteiger partial charge in [0.05, 0.1) is 17.5 Å². The molecule has 0 radical (unpaired) electrons. The Morgan fingerprint density at radius 2 is 2.13 bits per heavy atom. The van der Waals surface area contributed by atoms with E-state index in [-0.39, 0.29) is 12.0 Å². The Morgan fingerprint density at radius 1 is 1.35 bits per heavy atom. The second kappa shape index (κ2) is 6.36. The van der Waals surface area contributed by atoms with E-state index in [2.05, 4.69) is 4.98 Å². The maximum Gasteiger partial charge on any atom is 0.229 e. The standard InChI is InChI=1S/C18H21ClN2O2/c1-18(2,12-19)17(22)21-10-9-14(11-21)23-16-8-7-13-5-3-4-6-15(13)20-16/h3-8,14H,9-12H2,1-2H3. The number of hydrogen-bond donors (Lipinski definition) is 0. The van der Waals surface area contributed by atoms with Crippen molar-refractivity contribution in [2.24, 2.45) is 5.41 Å². The molecule has 1 unspecified atom stereocenters. The molecule has 1 aromatic carbocycles. The quantitative estimate of drug-likeness (QED) is 0.805. The van der Waals surface area contributed by atoms with Gasteiger partial charge in [0.25, 0.3) is 0 Å². The summed E-state index contributed by atoms with van der Waals surface area (Å²) in [5.41, 5.74) is 0.386. The zero-order chi connectivity index (χ0) is 16.4. The van der Waals surface area contributed by atoms with Crippen LogP contribution in [0, 0.1) is 5.41 Å². The van der Waals surface area contributed by atoms with Crippen molar-refractivity contribution in [2.45, 2.75) is 26.4 Å². The Morgan fingerprint density at radius 3 is 2.91 bits per heavy atom. The molecule has 0 spiro atoms. The van der Waals surface area contributed by atoms with Gasteiger partial charge in [-0.2, -0.15) is 0 Å². The minimum atomic E-state index is -0.530. The second-order valence-electron chi connectivity index (χ2n) is 6.64. The van der Waals surface area contributed by atoms with Crippen LogP contribution in [0.1, 0.15) is 20.3 Å². The van der Waals surface area contributed by atoms with E-state index in [0.717, 1.165) is 17.3 Å². The number of para-hydroxylation sites is 1. The van der Waals surface area contributed by atoms with Gasteiger partial charge < -0.3 is 9.64 Å². The van der Waals surface area contributed by atoms with Gasteiger partial charge in [0.15, 0.2) is 0 Å². The van der Waals surface area contributed by atoms with Crippen LogP contribution in [0.3, 0.4) is 0 Å². The summed E-state index contributed by atoms with van der Waals surface area (Å²) in [6.45, 7) is 5.05. The highest BCUT2D eigenvalue weighted by Crippen LogP contribution is 2.25. The van der Waals surface area contributed by atoms with Crippen molar-refractivity contribution in [3.63, 3.8) is 0 Å². The molecular weight excluding hydrogens is 312 g/mol. The van der Waals surface area contributed by atoms with Crippen molar-refractivity contribution in [1.82, 2.24) is 9.88 Å². The van der Waals surface area contributed by atoms with Gasteiger partial charge in [0, 0.05) is 30.3 Å². The van der Waals surface area contributed by atoms with Crippen LogP contribution in [0.5, 0.6) is 5.88 Å². The summed E-state index contributed by atoms with van der Waals surface area (Å²) in [7, 11) is 0. The van der Waals surface area contributed by atoms with Gasteiger partial charge in [0.2, 0.25) is 11.8 Å². The number of hydrogen-bond acceptors (Lipinski definition) is 3. The molecule has 1 aromatic heterocycles. The molecule has 1 fully saturated rings. The smallest absolute Gasteiger partial charge is 0.229 e. The maximum atomic E-state index is 12.4. The number of carbonyl (C=O) groups excluding carboxylic acids is 1. The first-order chi connectivity index (χ1) is 11.0. The number of fused-ring (bicyclic) bond motifs is 1. The van der Waals surface area contributed by atoms with Crippen LogP contribution in [0.4, 0.5) is 0 Å².